The zero-order valence-electron chi connectivity index (χ0n) is 10.1. The summed E-state index contributed by atoms with van der Waals surface area (Å²) in [6.45, 7) is 1.97. The highest BCUT2D eigenvalue weighted by Gasteiger charge is 2.11. The van der Waals surface area contributed by atoms with Crippen LogP contribution in [0.4, 0.5) is 0 Å². The number of carboxylic acid groups (broad SMARTS) is 1. The fraction of sp³-hybridized carbons (Fsp3) is 0.250. The first-order valence-corrected chi connectivity index (χ1v) is 7.39. The Morgan fingerprint density at radius 1 is 1.53 bits per heavy atom. The van der Waals surface area contributed by atoms with E-state index in [1.165, 1.54) is 11.8 Å². The van der Waals surface area contributed by atoms with Crippen molar-refractivity contribution < 1.29 is 14.4 Å². The average Bonchev–Trinajstić information content (AvgIpc) is 2.77. The van der Waals surface area contributed by atoms with Gasteiger partial charge in [0.05, 0.1) is 11.5 Å². The van der Waals surface area contributed by atoms with Crippen LogP contribution in [-0.2, 0) is 10.5 Å². The summed E-state index contributed by atoms with van der Waals surface area (Å²) in [7, 11) is 0. The molecule has 0 bridgehead atoms. The lowest BCUT2D eigenvalue weighted by atomic mass is 10.1. The number of aliphatic carboxylic acids is 1. The van der Waals surface area contributed by atoms with Crippen molar-refractivity contribution in [3.05, 3.63) is 34.1 Å². The van der Waals surface area contributed by atoms with Crippen molar-refractivity contribution in [1.82, 2.24) is 10.1 Å². The number of thioether (sulfide) groups is 1. The van der Waals surface area contributed by atoms with Gasteiger partial charge in [-0.3, -0.25) is 4.79 Å². The zero-order valence-corrected chi connectivity index (χ0v) is 12.5. The SMILES string of the molecule is Cc1cc(Br)ccc1-c1noc(CSCC(=O)O)n1. The van der Waals surface area contributed by atoms with Crippen LogP contribution >= 0.6 is 27.7 Å². The molecule has 2 rings (SSSR count). The van der Waals surface area contributed by atoms with E-state index in [0.717, 1.165) is 15.6 Å². The second-order valence-electron chi connectivity index (χ2n) is 3.86. The third-order valence-corrected chi connectivity index (χ3v) is 3.74. The topological polar surface area (TPSA) is 76.2 Å². The minimum atomic E-state index is -0.853. The van der Waals surface area contributed by atoms with E-state index in [2.05, 4.69) is 26.1 Å². The molecule has 0 aliphatic carbocycles. The molecular formula is C12H11BrN2O3S. The summed E-state index contributed by atoms with van der Waals surface area (Å²) in [5.74, 6) is 0.525. The van der Waals surface area contributed by atoms with Crippen LogP contribution in [0.15, 0.2) is 27.2 Å². The Morgan fingerprint density at radius 3 is 3.00 bits per heavy atom. The molecule has 0 unspecified atom stereocenters. The van der Waals surface area contributed by atoms with Crippen LogP contribution in [-0.4, -0.2) is 27.0 Å². The fourth-order valence-corrected chi connectivity index (χ4v) is 2.57. The molecule has 2 aromatic rings. The number of rotatable bonds is 5. The van der Waals surface area contributed by atoms with Crippen LogP contribution in [0.5, 0.6) is 0 Å². The molecule has 0 radical (unpaired) electrons. The van der Waals surface area contributed by atoms with Crippen molar-refractivity contribution in [2.45, 2.75) is 12.7 Å². The van der Waals surface area contributed by atoms with Gasteiger partial charge in [-0.2, -0.15) is 4.98 Å². The number of carbonyl (C=O) groups is 1. The van der Waals surface area contributed by atoms with Gasteiger partial charge in [0.25, 0.3) is 0 Å². The summed E-state index contributed by atoms with van der Waals surface area (Å²) in [5, 5.41) is 12.5. The van der Waals surface area contributed by atoms with E-state index in [-0.39, 0.29) is 5.75 Å². The molecular weight excluding hydrogens is 332 g/mol. The second-order valence-corrected chi connectivity index (χ2v) is 5.76. The number of halogens is 1. The third-order valence-electron chi connectivity index (χ3n) is 2.35. The van der Waals surface area contributed by atoms with Gasteiger partial charge in [-0.1, -0.05) is 21.1 Å². The van der Waals surface area contributed by atoms with Gasteiger partial charge in [0.2, 0.25) is 11.7 Å². The molecule has 0 atom stereocenters. The molecule has 0 spiro atoms. The number of aromatic nitrogens is 2. The molecule has 1 aromatic carbocycles. The molecule has 100 valence electrons. The van der Waals surface area contributed by atoms with Crippen LogP contribution in [0, 0.1) is 6.92 Å². The highest BCUT2D eigenvalue weighted by Crippen LogP contribution is 2.24. The van der Waals surface area contributed by atoms with E-state index >= 15 is 0 Å². The van der Waals surface area contributed by atoms with Crippen molar-refractivity contribution in [3.8, 4) is 11.4 Å². The van der Waals surface area contributed by atoms with E-state index in [1.807, 2.05) is 25.1 Å². The summed E-state index contributed by atoms with van der Waals surface area (Å²) < 4.78 is 6.09. The first kappa shape index (κ1) is 14.1. The molecule has 0 aliphatic heterocycles. The molecule has 1 N–H and O–H groups in total. The van der Waals surface area contributed by atoms with Gasteiger partial charge >= 0.3 is 5.97 Å². The molecule has 0 aliphatic rings. The normalized spacial score (nSPS) is 10.6. The Balaban J connectivity index is 2.10. The number of nitrogens with zero attached hydrogens (tertiary/aromatic N) is 2. The predicted molar refractivity (Wildman–Crippen MR) is 76.0 cm³/mol. The van der Waals surface area contributed by atoms with E-state index in [1.54, 1.807) is 0 Å². The summed E-state index contributed by atoms with van der Waals surface area (Å²) in [4.78, 5) is 14.7. The van der Waals surface area contributed by atoms with Crippen LogP contribution < -0.4 is 0 Å². The predicted octanol–water partition coefficient (Wildman–Crippen LogP) is 3.13. The number of aryl methyl sites for hydroxylation is 1. The second kappa shape index (κ2) is 6.21. The summed E-state index contributed by atoms with van der Waals surface area (Å²) >= 11 is 4.62. The monoisotopic (exact) mass is 342 g/mol. The maximum Gasteiger partial charge on any atom is 0.313 e. The summed E-state index contributed by atoms with van der Waals surface area (Å²) in [5.41, 5.74) is 1.95. The minimum absolute atomic E-state index is 0.0228. The first-order chi connectivity index (χ1) is 9.06. The standard InChI is InChI=1S/C12H11BrN2O3S/c1-7-4-8(13)2-3-9(7)12-14-10(18-15-12)5-19-6-11(16)17/h2-4H,5-6H2,1H3,(H,16,17). The van der Waals surface area contributed by atoms with E-state index in [4.69, 9.17) is 9.63 Å². The zero-order chi connectivity index (χ0) is 13.8. The van der Waals surface area contributed by atoms with Crippen LogP contribution in [0.1, 0.15) is 11.5 Å². The number of benzene rings is 1. The Bertz CT molecular complexity index is 600. The number of hydrogen-bond acceptors (Lipinski definition) is 5. The lowest BCUT2D eigenvalue weighted by molar-refractivity contribution is -0.133. The number of hydrogen-bond donors (Lipinski definition) is 1. The molecule has 0 amide bonds. The van der Waals surface area contributed by atoms with Crippen LogP contribution in [0.2, 0.25) is 0 Å². The fourth-order valence-electron chi connectivity index (χ4n) is 1.53. The van der Waals surface area contributed by atoms with E-state index in [9.17, 15) is 4.79 Å². The van der Waals surface area contributed by atoms with E-state index < -0.39 is 5.97 Å². The molecule has 0 saturated carbocycles. The van der Waals surface area contributed by atoms with Gasteiger partial charge in [-0.25, -0.2) is 0 Å². The Morgan fingerprint density at radius 2 is 2.32 bits per heavy atom. The minimum Gasteiger partial charge on any atom is -0.481 e. The first-order valence-electron chi connectivity index (χ1n) is 5.45. The maximum atomic E-state index is 10.4. The van der Waals surface area contributed by atoms with Crippen LogP contribution in [0.3, 0.4) is 0 Å². The summed E-state index contributed by atoms with van der Waals surface area (Å²) in [6.07, 6.45) is 0. The van der Waals surface area contributed by atoms with Gasteiger partial charge in [0.1, 0.15) is 0 Å². The summed E-state index contributed by atoms with van der Waals surface area (Å²) in [6, 6.07) is 5.81. The highest BCUT2D eigenvalue weighted by atomic mass is 79.9. The quantitative estimate of drug-likeness (QED) is 0.899. The van der Waals surface area contributed by atoms with Gasteiger partial charge in [-0.15, -0.1) is 11.8 Å². The Labute approximate surface area is 122 Å². The Kier molecular flexibility index (Phi) is 4.60. The maximum absolute atomic E-state index is 10.4. The van der Waals surface area contributed by atoms with E-state index in [0.29, 0.717) is 17.5 Å². The molecule has 1 aromatic heterocycles. The van der Waals surface area contributed by atoms with Gasteiger partial charge < -0.3 is 9.63 Å². The third kappa shape index (κ3) is 3.81. The molecule has 19 heavy (non-hydrogen) atoms. The lowest BCUT2D eigenvalue weighted by Gasteiger charge is -2.00. The molecule has 7 heteroatoms. The van der Waals surface area contributed by atoms with Crippen LogP contribution in [0.25, 0.3) is 11.4 Å². The lowest BCUT2D eigenvalue weighted by Crippen LogP contribution is -1.98. The highest BCUT2D eigenvalue weighted by molar-refractivity contribution is 9.10. The van der Waals surface area contributed by atoms with Crippen molar-refractivity contribution in [1.29, 1.82) is 0 Å². The molecule has 5 nitrogen and oxygen atoms in total. The smallest absolute Gasteiger partial charge is 0.313 e. The number of carboxylic acids is 1. The molecule has 0 fully saturated rings. The van der Waals surface area contributed by atoms with Crippen molar-refractivity contribution in [3.63, 3.8) is 0 Å². The largest absolute Gasteiger partial charge is 0.481 e. The van der Waals surface area contributed by atoms with Crippen molar-refractivity contribution in [2.24, 2.45) is 0 Å². The average molecular weight is 343 g/mol. The van der Waals surface area contributed by atoms with Gasteiger partial charge in [0.15, 0.2) is 0 Å². The van der Waals surface area contributed by atoms with Crippen molar-refractivity contribution >= 4 is 33.7 Å². The van der Waals surface area contributed by atoms with Crippen molar-refractivity contribution in [2.75, 3.05) is 5.75 Å². The Hall–Kier alpha value is -1.34. The molecule has 1 heterocycles. The van der Waals surface area contributed by atoms with Gasteiger partial charge in [0, 0.05) is 10.0 Å². The van der Waals surface area contributed by atoms with Gasteiger partial charge in [-0.05, 0) is 30.7 Å². The molecule has 0 saturated heterocycles.